The lowest BCUT2D eigenvalue weighted by Gasteiger charge is -2.25. The van der Waals surface area contributed by atoms with Crippen LogP contribution < -0.4 is 15.2 Å². The Hall–Kier alpha value is -3.47. The van der Waals surface area contributed by atoms with Crippen molar-refractivity contribution in [3.8, 4) is 11.8 Å². The number of nitrogens with zero attached hydrogens (tertiary/aromatic N) is 8. The molecule has 0 unspecified atom stereocenters. The molecule has 0 aliphatic carbocycles. The molecule has 5 rings (SSSR count). The number of ether oxygens (including phenoxy) is 2. The molecule has 1 aromatic carbocycles. The van der Waals surface area contributed by atoms with E-state index in [0.717, 1.165) is 24.3 Å². The maximum absolute atomic E-state index is 6.12. The lowest BCUT2D eigenvalue weighted by molar-refractivity contribution is 0.196. The van der Waals surface area contributed by atoms with Crippen molar-refractivity contribution >= 4 is 22.5 Å². The second kappa shape index (κ2) is 6.30. The molecule has 0 spiro atoms. The number of anilines is 1. The first kappa shape index (κ1) is 16.7. The molecule has 11 nitrogen and oxygen atoms in total. The Balaban J connectivity index is 1.49. The van der Waals surface area contributed by atoms with Crippen molar-refractivity contribution < 1.29 is 9.47 Å². The highest BCUT2D eigenvalue weighted by Crippen LogP contribution is 2.27. The van der Waals surface area contributed by atoms with Crippen LogP contribution in [0.15, 0.2) is 18.2 Å². The van der Waals surface area contributed by atoms with Gasteiger partial charge in [-0.1, -0.05) is 11.2 Å². The lowest BCUT2D eigenvalue weighted by Crippen LogP contribution is -2.33. The number of fused-ring (bicyclic) bond motifs is 4. The summed E-state index contributed by atoms with van der Waals surface area (Å²) in [6, 6.07) is 6.23. The van der Waals surface area contributed by atoms with Crippen LogP contribution in [0.25, 0.3) is 16.6 Å². The van der Waals surface area contributed by atoms with Crippen molar-refractivity contribution in [2.75, 3.05) is 26.5 Å². The number of aromatic nitrogens is 7. The van der Waals surface area contributed by atoms with Gasteiger partial charge < -0.3 is 15.2 Å². The topological polar surface area (TPSA) is 122 Å². The lowest BCUT2D eigenvalue weighted by atomic mass is 10.2. The quantitative estimate of drug-likeness (QED) is 0.538. The van der Waals surface area contributed by atoms with E-state index in [-0.39, 0.29) is 5.95 Å². The number of nitrogen functional groups attached to an aromatic ring is 1. The predicted octanol–water partition coefficient (Wildman–Crippen LogP) is 0.484. The van der Waals surface area contributed by atoms with Gasteiger partial charge in [0.1, 0.15) is 17.1 Å². The van der Waals surface area contributed by atoms with Crippen LogP contribution in [0.2, 0.25) is 0 Å². The molecular formula is C17H19N9O2. The Labute approximate surface area is 159 Å². The van der Waals surface area contributed by atoms with Crippen molar-refractivity contribution in [3.63, 3.8) is 0 Å². The minimum Gasteiger partial charge on any atom is -0.494 e. The Morgan fingerprint density at radius 1 is 1.11 bits per heavy atom. The molecule has 3 aromatic heterocycles. The number of hydrogen-bond acceptors (Lipinski definition) is 9. The molecular weight excluding hydrogens is 362 g/mol. The highest BCUT2D eigenvalue weighted by atomic mass is 16.5. The molecule has 1 aliphatic rings. The van der Waals surface area contributed by atoms with E-state index in [1.165, 1.54) is 0 Å². The Bertz CT molecular complexity index is 1180. The molecule has 4 heterocycles. The summed E-state index contributed by atoms with van der Waals surface area (Å²) < 4.78 is 14.2. The molecule has 0 bridgehead atoms. The van der Waals surface area contributed by atoms with Gasteiger partial charge in [-0.3, -0.25) is 9.47 Å². The SMILES string of the molecule is COc1cccc2c1nc(N)n1nc(CN3CCn4c(nnc4OC)C3)nc21. The van der Waals surface area contributed by atoms with Gasteiger partial charge >= 0.3 is 6.01 Å². The Morgan fingerprint density at radius 3 is 2.82 bits per heavy atom. The summed E-state index contributed by atoms with van der Waals surface area (Å²) in [5.74, 6) is 2.46. The summed E-state index contributed by atoms with van der Waals surface area (Å²) in [6.07, 6.45) is 0. The van der Waals surface area contributed by atoms with Crippen LogP contribution in [0.3, 0.4) is 0 Å². The highest BCUT2D eigenvalue weighted by molar-refractivity contribution is 5.95. The summed E-state index contributed by atoms with van der Waals surface area (Å²) in [7, 11) is 3.21. The van der Waals surface area contributed by atoms with E-state index in [1.807, 2.05) is 22.8 Å². The molecule has 11 heteroatoms. The Morgan fingerprint density at radius 2 is 2.00 bits per heavy atom. The van der Waals surface area contributed by atoms with Crippen LogP contribution in [-0.2, 0) is 19.6 Å². The van der Waals surface area contributed by atoms with Crippen molar-refractivity contribution in [1.29, 1.82) is 0 Å². The van der Waals surface area contributed by atoms with Gasteiger partial charge in [-0.05, 0) is 12.1 Å². The predicted molar refractivity (Wildman–Crippen MR) is 99.9 cm³/mol. The summed E-state index contributed by atoms with van der Waals surface area (Å²) in [5.41, 5.74) is 7.46. The highest BCUT2D eigenvalue weighted by Gasteiger charge is 2.23. The molecule has 0 radical (unpaired) electrons. The summed E-state index contributed by atoms with van der Waals surface area (Å²) >= 11 is 0. The zero-order valence-corrected chi connectivity index (χ0v) is 15.5. The number of benzene rings is 1. The second-order valence-corrected chi connectivity index (χ2v) is 6.56. The van der Waals surface area contributed by atoms with Gasteiger partial charge in [0, 0.05) is 18.5 Å². The van der Waals surface area contributed by atoms with Crippen LogP contribution >= 0.6 is 0 Å². The van der Waals surface area contributed by atoms with Gasteiger partial charge in [-0.15, -0.1) is 10.2 Å². The minimum absolute atomic E-state index is 0.272. The maximum atomic E-state index is 6.12. The van der Waals surface area contributed by atoms with Crippen LogP contribution in [0.4, 0.5) is 5.95 Å². The van der Waals surface area contributed by atoms with Crippen molar-refractivity contribution in [3.05, 3.63) is 29.8 Å². The van der Waals surface area contributed by atoms with Gasteiger partial charge in [0.2, 0.25) is 5.95 Å². The molecule has 0 saturated carbocycles. The van der Waals surface area contributed by atoms with Gasteiger partial charge in [-0.25, -0.2) is 9.97 Å². The van der Waals surface area contributed by atoms with Crippen LogP contribution in [0.1, 0.15) is 11.6 Å². The minimum atomic E-state index is 0.272. The number of rotatable bonds is 4. The third kappa shape index (κ3) is 2.51. The second-order valence-electron chi connectivity index (χ2n) is 6.56. The molecule has 1 aliphatic heterocycles. The van der Waals surface area contributed by atoms with E-state index in [0.29, 0.717) is 41.8 Å². The average Bonchev–Trinajstić information content (AvgIpc) is 3.31. The summed E-state index contributed by atoms with van der Waals surface area (Å²) in [4.78, 5) is 11.4. The first-order valence-electron chi connectivity index (χ1n) is 8.84. The fraction of sp³-hybridized carbons (Fsp3) is 0.353. The van der Waals surface area contributed by atoms with Crippen LogP contribution in [-0.4, -0.2) is 60.0 Å². The number of para-hydroxylation sites is 1. The van der Waals surface area contributed by atoms with E-state index in [9.17, 15) is 0 Å². The van der Waals surface area contributed by atoms with Crippen molar-refractivity contribution in [2.24, 2.45) is 0 Å². The Kier molecular flexibility index (Phi) is 3.76. The van der Waals surface area contributed by atoms with Crippen molar-refractivity contribution in [1.82, 2.24) is 39.2 Å². The normalized spacial score (nSPS) is 14.5. The van der Waals surface area contributed by atoms with Gasteiger partial charge in [0.05, 0.1) is 27.3 Å². The first-order chi connectivity index (χ1) is 13.7. The number of hydrogen-bond donors (Lipinski definition) is 1. The molecule has 0 saturated heterocycles. The van der Waals surface area contributed by atoms with Crippen LogP contribution in [0.5, 0.6) is 11.8 Å². The van der Waals surface area contributed by atoms with Crippen molar-refractivity contribution in [2.45, 2.75) is 19.6 Å². The van der Waals surface area contributed by atoms with Gasteiger partial charge in [-0.2, -0.15) is 4.52 Å². The third-order valence-electron chi connectivity index (χ3n) is 4.90. The standard InChI is InChI=1S/C17H19N9O2/c1-27-11-5-3-4-10-14(11)20-16(18)26-15(10)19-12(23-26)8-24-6-7-25-13(9-24)21-22-17(25)28-2/h3-5H,6-9H2,1-2H3,(H2,18,20). The van der Waals surface area contributed by atoms with E-state index >= 15 is 0 Å². The fourth-order valence-corrected chi connectivity index (χ4v) is 3.57. The largest absolute Gasteiger partial charge is 0.494 e. The summed E-state index contributed by atoms with van der Waals surface area (Å²) in [6.45, 7) is 2.79. The van der Waals surface area contributed by atoms with Crippen LogP contribution in [0, 0.1) is 0 Å². The molecule has 0 fully saturated rings. The zero-order chi connectivity index (χ0) is 19.3. The summed E-state index contributed by atoms with van der Waals surface area (Å²) in [5, 5.41) is 13.6. The molecule has 144 valence electrons. The maximum Gasteiger partial charge on any atom is 0.316 e. The zero-order valence-electron chi connectivity index (χ0n) is 15.5. The monoisotopic (exact) mass is 381 g/mol. The third-order valence-corrected chi connectivity index (χ3v) is 4.90. The number of nitrogens with two attached hydrogens (primary N) is 1. The van der Waals surface area contributed by atoms with Gasteiger partial charge in [0.25, 0.3) is 0 Å². The first-order valence-corrected chi connectivity index (χ1v) is 8.84. The van der Waals surface area contributed by atoms with Gasteiger partial charge in [0.15, 0.2) is 11.5 Å². The average molecular weight is 381 g/mol. The smallest absolute Gasteiger partial charge is 0.316 e. The molecule has 0 amide bonds. The van der Waals surface area contributed by atoms with E-state index in [1.54, 1.807) is 18.7 Å². The molecule has 2 N–H and O–H groups in total. The van der Waals surface area contributed by atoms with E-state index < -0.39 is 0 Å². The molecule has 0 atom stereocenters. The number of methoxy groups -OCH3 is 2. The molecule has 28 heavy (non-hydrogen) atoms. The molecule has 4 aromatic rings. The van der Waals surface area contributed by atoms with E-state index in [4.69, 9.17) is 20.2 Å². The fourth-order valence-electron chi connectivity index (χ4n) is 3.57. The van der Waals surface area contributed by atoms with E-state index in [2.05, 4.69) is 25.2 Å².